The van der Waals surface area contributed by atoms with E-state index in [1.807, 2.05) is 0 Å². The highest BCUT2D eigenvalue weighted by Gasteiger charge is 2.27. The minimum Gasteiger partial charge on any atom is -0.497 e. The van der Waals surface area contributed by atoms with Crippen molar-refractivity contribution in [2.24, 2.45) is 0 Å². The second kappa shape index (κ2) is 6.12. The molecule has 2 aromatic rings. The van der Waals surface area contributed by atoms with E-state index >= 15 is 0 Å². The molecule has 0 heterocycles. The molecule has 0 aliphatic carbocycles. The molecule has 0 N–H and O–H groups in total. The maximum absolute atomic E-state index is 13.1. The molecule has 0 aliphatic heterocycles. The lowest BCUT2D eigenvalue weighted by atomic mass is 10.3. The summed E-state index contributed by atoms with van der Waals surface area (Å²) in [5, 5.41) is 1.26. The molecule has 0 unspecified atom stereocenters. The Morgan fingerprint density at radius 3 is 1.30 bits per heavy atom. The van der Waals surface area contributed by atoms with Gasteiger partial charge in [-0.15, -0.1) is 0 Å². The van der Waals surface area contributed by atoms with Crippen molar-refractivity contribution in [1.82, 2.24) is 0 Å². The molecule has 0 fully saturated rings. The van der Waals surface area contributed by atoms with Crippen LogP contribution in [0, 0.1) is 0 Å². The van der Waals surface area contributed by atoms with Gasteiger partial charge in [-0.25, -0.2) is 0 Å². The van der Waals surface area contributed by atoms with Crippen molar-refractivity contribution in [3.63, 3.8) is 0 Å². The lowest BCUT2D eigenvalue weighted by molar-refractivity contribution is 0.410. The summed E-state index contributed by atoms with van der Waals surface area (Å²) in [5.74, 6) is 1.43. The van der Waals surface area contributed by atoms with Crippen LogP contribution in [-0.4, -0.2) is 21.3 Å². The first kappa shape index (κ1) is 14.6. The number of rotatable bonds is 5. The molecule has 0 aromatic heterocycles. The molecule has 20 heavy (non-hydrogen) atoms. The molecule has 5 heteroatoms. The fourth-order valence-corrected chi connectivity index (χ4v) is 3.72. The first-order valence-electron chi connectivity index (χ1n) is 6.09. The first-order chi connectivity index (χ1) is 9.63. The molecule has 0 radical (unpaired) electrons. The monoisotopic (exact) mass is 292 g/mol. The van der Waals surface area contributed by atoms with Crippen LogP contribution in [-0.2, 0) is 9.09 Å². The lowest BCUT2D eigenvalue weighted by Gasteiger charge is -2.17. The maximum Gasteiger partial charge on any atom is 0.261 e. The van der Waals surface area contributed by atoms with E-state index in [1.54, 1.807) is 62.8 Å². The Balaban J connectivity index is 2.42. The van der Waals surface area contributed by atoms with Crippen LogP contribution in [0.25, 0.3) is 0 Å². The summed E-state index contributed by atoms with van der Waals surface area (Å²) < 4.78 is 28.6. The summed E-state index contributed by atoms with van der Waals surface area (Å²) in [4.78, 5) is 0. The summed E-state index contributed by atoms with van der Waals surface area (Å²) >= 11 is 0. The predicted octanol–water partition coefficient (Wildman–Crippen LogP) is 2.58. The fourth-order valence-electron chi connectivity index (χ4n) is 1.92. The van der Waals surface area contributed by atoms with Gasteiger partial charge in [0, 0.05) is 17.7 Å². The summed E-state index contributed by atoms with van der Waals surface area (Å²) in [6.07, 6.45) is 0. The molecule has 0 spiro atoms. The zero-order valence-electron chi connectivity index (χ0n) is 11.7. The van der Waals surface area contributed by atoms with Crippen LogP contribution in [0.15, 0.2) is 48.5 Å². The van der Waals surface area contributed by atoms with Gasteiger partial charge in [-0.2, -0.15) is 0 Å². The zero-order chi connectivity index (χ0) is 14.6. The molecular formula is C15H17O4P. The Morgan fingerprint density at radius 1 is 0.700 bits per heavy atom. The first-order valence-corrected chi connectivity index (χ1v) is 7.71. The third-order valence-electron chi connectivity index (χ3n) is 3.08. The Bertz CT molecular complexity index is 553. The van der Waals surface area contributed by atoms with Gasteiger partial charge in [0.2, 0.25) is 0 Å². The number of ether oxygens (including phenoxy) is 2. The standard InChI is InChI=1S/C15H17O4P/c1-17-12-4-8-14(9-5-12)20(16,19-3)15-10-6-13(18-2)7-11-15/h4-11H,1-3H3. The van der Waals surface area contributed by atoms with Crippen LogP contribution in [0.1, 0.15) is 0 Å². The minimum absolute atomic E-state index is 0.631. The van der Waals surface area contributed by atoms with Crippen molar-refractivity contribution in [3.05, 3.63) is 48.5 Å². The van der Waals surface area contributed by atoms with Crippen LogP contribution < -0.4 is 20.1 Å². The van der Waals surface area contributed by atoms with Crippen molar-refractivity contribution in [3.8, 4) is 11.5 Å². The van der Waals surface area contributed by atoms with Gasteiger partial charge in [-0.1, -0.05) is 0 Å². The van der Waals surface area contributed by atoms with E-state index in [4.69, 9.17) is 14.0 Å². The van der Waals surface area contributed by atoms with Crippen molar-refractivity contribution in [1.29, 1.82) is 0 Å². The van der Waals surface area contributed by atoms with Crippen LogP contribution in [0.4, 0.5) is 0 Å². The smallest absolute Gasteiger partial charge is 0.261 e. The molecule has 0 amide bonds. The Labute approximate surface area is 118 Å². The third-order valence-corrected chi connectivity index (χ3v) is 5.55. The van der Waals surface area contributed by atoms with E-state index in [-0.39, 0.29) is 0 Å². The van der Waals surface area contributed by atoms with Crippen molar-refractivity contribution < 1.29 is 18.6 Å². The topological polar surface area (TPSA) is 44.8 Å². The molecule has 0 saturated heterocycles. The lowest BCUT2D eigenvalue weighted by Crippen LogP contribution is -2.17. The largest absolute Gasteiger partial charge is 0.497 e. The predicted molar refractivity (Wildman–Crippen MR) is 79.9 cm³/mol. The zero-order valence-corrected chi connectivity index (χ0v) is 12.6. The van der Waals surface area contributed by atoms with Crippen LogP contribution >= 0.6 is 7.37 Å². The van der Waals surface area contributed by atoms with Crippen LogP contribution in [0.2, 0.25) is 0 Å². The second-order valence-electron chi connectivity index (χ2n) is 4.13. The minimum atomic E-state index is -3.08. The molecule has 4 nitrogen and oxygen atoms in total. The second-order valence-corrected chi connectivity index (χ2v) is 6.63. The SMILES string of the molecule is COc1ccc(P(=O)(OC)c2ccc(OC)cc2)cc1. The van der Waals surface area contributed by atoms with Crippen molar-refractivity contribution >= 4 is 18.0 Å². The van der Waals surface area contributed by atoms with E-state index in [1.165, 1.54) is 7.11 Å². The molecule has 0 saturated carbocycles. The van der Waals surface area contributed by atoms with Gasteiger partial charge in [0.05, 0.1) is 14.2 Å². The highest BCUT2D eigenvalue weighted by atomic mass is 31.2. The number of hydrogen-bond acceptors (Lipinski definition) is 4. The summed E-state index contributed by atoms with van der Waals surface area (Å²) in [6, 6.07) is 14.1. The van der Waals surface area contributed by atoms with Gasteiger partial charge in [0.1, 0.15) is 11.5 Å². The fraction of sp³-hybridized carbons (Fsp3) is 0.200. The van der Waals surface area contributed by atoms with Crippen LogP contribution in [0.3, 0.4) is 0 Å². The van der Waals surface area contributed by atoms with E-state index in [0.717, 1.165) is 0 Å². The molecule has 2 aromatic carbocycles. The molecular weight excluding hydrogens is 275 g/mol. The Hall–Kier alpha value is -1.77. The van der Waals surface area contributed by atoms with Gasteiger partial charge in [0.25, 0.3) is 7.37 Å². The Kier molecular flexibility index (Phi) is 4.48. The van der Waals surface area contributed by atoms with Crippen LogP contribution in [0.5, 0.6) is 11.5 Å². The van der Waals surface area contributed by atoms with Gasteiger partial charge in [-0.05, 0) is 48.5 Å². The van der Waals surface area contributed by atoms with Crippen molar-refractivity contribution in [2.75, 3.05) is 21.3 Å². The molecule has 0 bridgehead atoms. The molecule has 106 valence electrons. The molecule has 0 atom stereocenters. The molecule has 2 rings (SSSR count). The third kappa shape index (κ3) is 2.72. The van der Waals surface area contributed by atoms with Gasteiger partial charge in [0.15, 0.2) is 0 Å². The maximum atomic E-state index is 13.1. The summed E-state index contributed by atoms with van der Waals surface area (Å²) in [7, 11) is 1.56. The number of methoxy groups -OCH3 is 2. The van der Waals surface area contributed by atoms with E-state index in [0.29, 0.717) is 22.1 Å². The Morgan fingerprint density at radius 2 is 1.05 bits per heavy atom. The van der Waals surface area contributed by atoms with E-state index in [2.05, 4.69) is 0 Å². The highest BCUT2D eigenvalue weighted by molar-refractivity contribution is 7.74. The molecule has 0 aliphatic rings. The van der Waals surface area contributed by atoms with Gasteiger partial charge >= 0.3 is 0 Å². The van der Waals surface area contributed by atoms with E-state index in [9.17, 15) is 4.57 Å². The van der Waals surface area contributed by atoms with Gasteiger partial charge < -0.3 is 14.0 Å². The normalized spacial score (nSPS) is 11.2. The number of benzene rings is 2. The van der Waals surface area contributed by atoms with Crippen molar-refractivity contribution in [2.45, 2.75) is 0 Å². The van der Waals surface area contributed by atoms with E-state index < -0.39 is 7.37 Å². The average molecular weight is 292 g/mol. The highest BCUT2D eigenvalue weighted by Crippen LogP contribution is 2.44. The summed E-state index contributed by atoms with van der Waals surface area (Å²) in [5.41, 5.74) is 0. The number of hydrogen-bond donors (Lipinski definition) is 0. The van der Waals surface area contributed by atoms with Gasteiger partial charge in [-0.3, -0.25) is 4.57 Å². The quantitative estimate of drug-likeness (QED) is 0.795. The summed E-state index contributed by atoms with van der Waals surface area (Å²) in [6.45, 7) is 0. The average Bonchev–Trinajstić information content (AvgIpc) is 2.54.